The van der Waals surface area contributed by atoms with Gasteiger partial charge in [0.1, 0.15) is 0 Å². The van der Waals surface area contributed by atoms with Gasteiger partial charge in [0.15, 0.2) is 9.84 Å². The van der Waals surface area contributed by atoms with Gasteiger partial charge >= 0.3 is 5.97 Å². The number of amides is 1. The van der Waals surface area contributed by atoms with E-state index >= 15 is 0 Å². The van der Waals surface area contributed by atoms with Crippen LogP contribution in [0.3, 0.4) is 0 Å². The maximum Gasteiger partial charge on any atom is 0.307 e. The second-order valence-corrected chi connectivity index (χ2v) is 8.57. The summed E-state index contributed by atoms with van der Waals surface area (Å²) in [5, 5.41) is 9.16. The summed E-state index contributed by atoms with van der Waals surface area (Å²) < 4.78 is 23.1. The number of terminal acetylenes is 1. The number of aliphatic carboxylic acids is 1. The Bertz CT molecular complexity index is 616. The molecule has 1 amide bonds. The van der Waals surface area contributed by atoms with Crippen LogP contribution < -0.4 is 0 Å². The lowest BCUT2D eigenvalue weighted by atomic mass is 10.1. The smallest absolute Gasteiger partial charge is 0.307 e. The first-order valence-electron chi connectivity index (χ1n) is 6.79. The Morgan fingerprint density at radius 3 is 2.38 bits per heavy atom. The summed E-state index contributed by atoms with van der Waals surface area (Å²) in [5.41, 5.74) is -0.618. The summed E-state index contributed by atoms with van der Waals surface area (Å²) in [6, 6.07) is -0.440. The molecule has 1 N–H and O–H groups in total. The summed E-state index contributed by atoms with van der Waals surface area (Å²) in [7, 11) is -3.14. The van der Waals surface area contributed by atoms with Gasteiger partial charge in [0.05, 0.1) is 29.9 Å². The van der Waals surface area contributed by atoms with Gasteiger partial charge in [0.25, 0.3) is 0 Å². The Kier molecular flexibility index (Phi) is 3.79. The molecule has 0 radical (unpaired) electrons. The molecule has 2 aliphatic rings. The molecule has 0 aromatic heterocycles. The van der Waals surface area contributed by atoms with Crippen molar-refractivity contribution in [3.8, 4) is 12.3 Å². The number of hydrogen-bond acceptors (Lipinski definition) is 4. The number of hydrogen-bond donors (Lipinski definition) is 1. The van der Waals surface area contributed by atoms with Gasteiger partial charge in [-0.3, -0.25) is 9.59 Å². The molecule has 116 valence electrons. The van der Waals surface area contributed by atoms with Crippen LogP contribution in [-0.4, -0.2) is 54.4 Å². The number of carbonyl (C=O) groups excluding carboxylic acids is 1. The number of nitrogens with zero attached hydrogens (tertiary/aromatic N) is 1. The van der Waals surface area contributed by atoms with Crippen molar-refractivity contribution in [2.75, 3.05) is 18.1 Å². The molecule has 21 heavy (non-hydrogen) atoms. The lowest BCUT2D eigenvalue weighted by molar-refractivity contribution is -0.142. The molecule has 0 aromatic carbocycles. The van der Waals surface area contributed by atoms with Crippen LogP contribution in [0.15, 0.2) is 0 Å². The van der Waals surface area contributed by atoms with Crippen LogP contribution in [0.25, 0.3) is 0 Å². The van der Waals surface area contributed by atoms with E-state index in [-0.39, 0.29) is 24.0 Å². The Hall–Kier alpha value is -1.55. The molecule has 1 heterocycles. The van der Waals surface area contributed by atoms with Crippen LogP contribution in [-0.2, 0) is 19.4 Å². The second kappa shape index (κ2) is 5.02. The molecule has 1 aliphatic carbocycles. The Balaban J connectivity index is 2.19. The van der Waals surface area contributed by atoms with Gasteiger partial charge in [0, 0.05) is 6.04 Å². The first-order chi connectivity index (χ1) is 9.62. The third-order valence-electron chi connectivity index (χ3n) is 4.55. The van der Waals surface area contributed by atoms with Crippen molar-refractivity contribution in [1.82, 2.24) is 4.90 Å². The molecule has 0 aromatic rings. The average molecular weight is 313 g/mol. The molecule has 2 rings (SSSR count). The van der Waals surface area contributed by atoms with E-state index in [1.54, 1.807) is 13.8 Å². The summed E-state index contributed by atoms with van der Waals surface area (Å²) in [6.45, 7) is 3.47. The van der Waals surface area contributed by atoms with Gasteiger partial charge in [-0.2, -0.15) is 0 Å². The minimum absolute atomic E-state index is 0.0118. The standard InChI is InChI=1S/C14H19NO5S/c1-4-6-15(9-5-7-21(19,20)8-9)12(16)10-11(13(17)18)14(10,2)3/h1,9-11H,5-8H2,2-3H3,(H,17,18). The monoisotopic (exact) mass is 313 g/mol. The van der Waals surface area contributed by atoms with Crippen LogP contribution in [0.1, 0.15) is 20.3 Å². The van der Waals surface area contributed by atoms with E-state index < -0.39 is 39.1 Å². The van der Waals surface area contributed by atoms with Crippen molar-refractivity contribution in [3.05, 3.63) is 0 Å². The van der Waals surface area contributed by atoms with Crippen molar-refractivity contribution in [2.24, 2.45) is 17.3 Å². The minimum Gasteiger partial charge on any atom is -0.481 e. The predicted molar refractivity (Wildman–Crippen MR) is 76.0 cm³/mol. The lowest BCUT2D eigenvalue weighted by Gasteiger charge is -2.27. The molecule has 7 heteroatoms. The van der Waals surface area contributed by atoms with E-state index in [4.69, 9.17) is 11.5 Å². The van der Waals surface area contributed by atoms with E-state index in [9.17, 15) is 18.0 Å². The van der Waals surface area contributed by atoms with Gasteiger partial charge in [-0.25, -0.2) is 8.42 Å². The molecule has 3 atom stereocenters. The van der Waals surface area contributed by atoms with Gasteiger partial charge in [-0.05, 0) is 11.8 Å². The molecular weight excluding hydrogens is 294 g/mol. The zero-order chi connectivity index (χ0) is 16.0. The maximum atomic E-state index is 12.6. The predicted octanol–water partition coefficient (Wildman–Crippen LogP) is -0.00790. The van der Waals surface area contributed by atoms with Gasteiger partial charge in [0.2, 0.25) is 5.91 Å². The van der Waals surface area contributed by atoms with Crippen molar-refractivity contribution in [1.29, 1.82) is 0 Å². The topological polar surface area (TPSA) is 91.8 Å². The maximum absolute atomic E-state index is 12.6. The summed E-state index contributed by atoms with van der Waals surface area (Å²) >= 11 is 0. The fraction of sp³-hybridized carbons (Fsp3) is 0.714. The molecule has 1 saturated heterocycles. The van der Waals surface area contributed by atoms with E-state index in [1.807, 2.05) is 0 Å². The number of carboxylic acid groups (broad SMARTS) is 1. The van der Waals surface area contributed by atoms with E-state index in [1.165, 1.54) is 4.90 Å². The molecule has 0 spiro atoms. The zero-order valence-corrected chi connectivity index (χ0v) is 12.9. The van der Waals surface area contributed by atoms with Gasteiger partial charge in [-0.1, -0.05) is 19.8 Å². The fourth-order valence-corrected chi connectivity index (χ4v) is 4.98. The second-order valence-electron chi connectivity index (χ2n) is 6.34. The number of carbonyl (C=O) groups is 2. The number of rotatable bonds is 4. The van der Waals surface area contributed by atoms with Crippen molar-refractivity contribution in [3.63, 3.8) is 0 Å². The highest BCUT2D eigenvalue weighted by molar-refractivity contribution is 7.91. The van der Waals surface area contributed by atoms with Crippen molar-refractivity contribution >= 4 is 21.7 Å². The fourth-order valence-electron chi connectivity index (χ4n) is 3.24. The Morgan fingerprint density at radius 1 is 1.38 bits per heavy atom. The van der Waals surface area contributed by atoms with Crippen LogP contribution in [0, 0.1) is 29.6 Å². The molecule has 2 fully saturated rings. The lowest BCUT2D eigenvalue weighted by Crippen LogP contribution is -2.43. The largest absolute Gasteiger partial charge is 0.481 e. The summed E-state index contributed by atoms with van der Waals surface area (Å²) in [6.07, 6.45) is 5.64. The summed E-state index contributed by atoms with van der Waals surface area (Å²) in [4.78, 5) is 25.2. The van der Waals surface area contributed by atoms with Crippen molar-refractivity contribution < 1.29 is 23.1 Å². The van der Waals surface area contributed by atoms with Crippen LogP contribution >= 0.6 is 0 Å². The van der Waals surface area contributed by atoms with Crippen molar-refractivity contribution in [2.45, 2.75) is 26.3 Å². The van der Waals surface area contributed by atoms with Gasteiger partial charge in [-0.15, -0.1) is 6.42 Å². The highest BCUT2D eigenvalue weighted by atomic mass is 32.2. The molecule has 1 aliphatic heterocycles. The van der Waals surface area contributed by atoms with Crippen LogP contribution in [0.2, 0.25) is 0 Å². The quantitative estimate of drug-likeness (QED) is 0.737. The van der Waals surface area contributed by atoms with Gasteiger partial charge < -0.3 is 10.0 Å². The first kappa shape index (κ1) is 15.8. The van der Waals surface area contributed by atoms with E-state index in [0.29, 0.717) is 6.42 Å². The Morgan fingerprint density at radius 2 is 2.00 bits per heavy atom. The third kappa shape index (κ3) is 2.77. The SMILES string of the molecule is C#CCN(C(=O)C1C(C(=O)O)C1(C)C)C1CCS(=O)(=O)C1. The summed E-state index contributed by atoms with van der Waals surface area (Å²) in [5.74, 6) is -0.386. The minimum atomic E-state index is -3.14. The molecule has 3 unspecified atom stereocenters. The third-order valence-corrected chi connectivity index (χ3v) is 6.30. The normalized spacial score (nSPS) is 32.1. The zero-order valence-electron chi connectivity index (χ0n) is 12.1. The van der Waals surface area contributed by atoms with Crippen LogP contribution in [0.5, 0.6) is 0 Å². The number of sulfone groups is 1. The van der Waals surface area contributed by atoms with E-state index in [2.05, 4.69) is 5.92 Å². The highest BCUT2D eigenvalue weighted by Crippen LogP contribution is 2.59. The number of carboxylic acids is 1. The molecule has 6 nitrogen and oxygen atoms in total. The Labute approximate surface area is 124 Å². The molecular formula is C14H19NO5S. The van der Waals surface area contributed by atoms with E-state index in [0.717, 1.165) is 0 Å². The molecule has 1 saturated carbocycles. The van der Waals surface area contributed by atoms with Crippen LogP contribution in [0.4, 0.5) is 0 Å². The highest BCUT2D eigenvalue weighted by Gasteiger charge is 2.67. The average Bonchev–Trinajstić information content (AvgIpc) is 2.75. The first-order valence-corrected chi connectivity index (χ1v) is 8.61. The molecule has 0 bridgehead atoms.